The van der Waals surface area contributed by atoms with E-state index in [9.17, 15) is 9.59 Å². The maximum atomic E-state index is 12.3. The fourth-order valence-electron chi connectivity index (χ4n) is 2.09. The van der Waals surface area contributed by atoms with Gasteiger partial charge in [0.25, 0.3) is 5.91 Å². The SMILES string of the molecule is CCc1nc2cc(C)ccn2c1C(=O)NC(CO)C(=O)O. The molecule has 1 amide bonds. The Balaban J connectivity index is 2.44. The number of carboxylic acids is 1. The van der Waals surface area contributed by atoms with Gasteiger partial charge in [0.2, 0.25) is 0 Å². The van der Waals surface area contributed by atoms with Crippen molar-refractivity contribution in [2.24, 2.45) is 0 Å². The van der Waals surface area contributed by atoms with Gasteiger partial charge in [0.15, 0.2) is 6.04 Å². The monoisotopic (exact) mass is 291 g/mol. The molecule has 1 atom stereocenters. The first-order chi connectivity index (χ1) is 9.97. The maximum absolute atomic E-state index is 12.3. The predicted molar refractivity (Wildman–Crippen MR) is 75.3 cm³/mol. The highest BCUT2D eigenvalue weighted by Gasteiger charge is 2.24. The molecule has 3 N–H and O–H groups in total. The topological polar surface area (TPSA) is 104 Å². The van der Waals surface area contributed by atoms with Crippen molar-refractivity contribution in [1.82, 2.24) is 14.7 Å². The smallest absolute Gasteiger partial charge is 0.328 e. The molecule has 2 rings (SSSR count). The van der Waals surface area contributed by atoms with Gasteiger partial charge >= 0.3 is 5.97 Å². The molecule has 0 aliphatic heterocycles. The lowest BCUT2D eigenvalue weighted by molar-refractivity contribution is -0.140. The van der Waals surface area contributed by atoms with Gasteiger partial charge in [0, 0.05) is 6.20 Å². The molecule has 112 valence electrons. The molecule has 1 unspecified atom stereocenters. The van der Waals surface area contributed by atoms with Gasteiger partial charge in [0.05, 0.1) is 12.3 Å². The maximum Gasteiger partial charge on any atom is 0.328 e. The molecule has 2 heterocycles. The minimum atomic E-state index is -1.33. The van der Waals surface area contributed by atoms with Crippen molar-refractivity contribution in [2.45, 2.75) is 26.3 Å². The molecule has 2 aromatic heterocycles. The predicted octanol–water partition coefficient (Wildman–Crippen LogP) is 0.380. The number of hydrogen-bond acceptors (Lipinski definition) is 4. The molecule has 0 fully saturated rings. The average Bonchev–Trinajstić information content (AvgIpc) is 2.81. The second-order valence-electron chi connectivity index (χ2n) is 4.74. The third-order valence-corrected chi connectivity index (χ3v) is 3.19. The summed E-state index contributed by atoms with van der Waals surface area (Å²) >= 11 is 0. The Labute approximate surface area is 121 Å². The molecule has 21 heavy (non-hydrogen) atoms. The van der Waals surface area contributed by atoms with Gasteiger partial charge < -0.3 is 15.5 Å². The first-order valence-corrected chi connectivity index (χ1v) is 6.60. The van der Waals surface area contributed by atoms with E-state index in [0.717, 1.165) is 5.56 Å². The minimum Gasteiger partial charge on any atom is -0.480 e. The number of carbonyl (C=O) groups excluding carboxylic acids is 1. The third-order valence-electron chi connectivity index (χ3n) is 3.19. The van der Waals surface area contributed by atoms with Crippen LogP contribution < -0.4 is 5.32 Å². The molecule has 0 spiro atoms. The van der Waals surface area contributed by atoms with Crippen molar-refractivity contribution in [3.8, 4) is 0 Å². The summed E-state index contributed by atoms with van der Waals surface area (Å²) in [4.78, 5) is 27.6. The van der Waals surface area contributed by atoms with Crippen LogP contribution in [0, 0.1) is 6.92 Å². The van der Waals surface area contributed by atoms with Gasteiger partial charge in [-0.05, 0) is 31.0 Å². The fourth-order valence-corrected chi connectivity index (χ4v) is 2.09. The zero-order valence-electron chi connectivity index (χ0n) is 11.8. The first kappa shape index (κ1) is 15.0. The van der Waals surface area contributed by atoms with Gasteiger partial charge in [0.1, 0.15) is 11.3 Å². The number of imidazole rings is 1. The summed E-state index contributed by atoms with van der Waals surface area (Å²) in [5, 5.41) is 20.2. The zero-order valence-corrected chi connectivity index (χ0v) is 11.8. The quantitative estimate of drug-likeness (QED) is 0.739. The van der Waals surface area contributed by atoms with Crippen molar-refractivity contribution in [1.29, 1.82) is 0 Å². The number of hydrogen-bond donors (Lipinski definition) is 3. The second-order valence-corrected chi connectivity index (χ2v) is 4.74. The van der Waals surface area contributed by atoms with Crippen molar-refractivity contribution in [3.05, 3.63) is 35.3 Å². The number of rotatable bonds is 5. The van der Waals surface area contributed by atoms with Crippen LogP contribution in [0.2, 0.25) is 0 Å². The zero-order chi connectivity index (χ0) is 15.6. The molecular formula is C14H17N3O4. The van der Waals surface area contributed by atoms with Gasteiger partial charge in [-0.15, -0.1) is 0 Å². The second kappa shape index (κ2) is 5.92. The molecule has 0 aliphatic carbocycles. The molecule has 7 heteroatoms. The number of aryl methyl sites for hydroxylation is 2. The van der Waals surface area contributed by atoms with Crippen LogP contribution in [0.25, 0.3) is 5.65 Å². The highest BCUT2D eigenvalue weighted by atomic mass is 16.4. The number of aromatic nitrogens is 2. The number of fused-ring (bicyclic) bond motifs is 1. The summed E-state index contributed by atoms with van der Waals surface area (Å²) in [5.74, 6) is -1.85. The minimum absolute atomic E-state index is 0.298. The van der Waals surface area contributed by atoms with E-state index in [2.05, 4.69) is 10.3 Å². The van der Waals surface area contributed by atoms with Crippen LogP contribution in [0.5, 0.6) is 0 Å². The largest absolute Gasteiger partial charge is 0.480 e. The summed E-state index contributed by atoms with van der Waals surface area (Å²) in [7, 11) is 0. The molecule has 0 bridgehead atoms. The van der Waals surface area contributed by atoms with Crippen LogP contribution in [0.3, 0.4) is 0 Å². The fraction of sp³-hybridized carbons (Fsp3) is 0.357. The molecule has 0 aliphatic rings. The highest BCUT2D eigenvalue weighted by Crippen LogP contribution is 2.15. The Bertz CT molecular complexity index is 693. The number of nitrogens with one attached hydrogen (secondary N) is 1. The van der Waals surface area contributed by atoms with Crippen LogP contribution in [-0.2, 0) is 11.2 Å². The van der Waals surface area contributed by atoms with Crippen LogP contribution in [-0.4, -0.2) is 44.1 Å². The first-order valence-electron chi connectivity index (χ1n) is 6.60. The van der Waals surface area contributed by atoms with Crippen molar-refractivity contribution >= 4 is 17.5 Å². The number of carboxylic acid groups (broad SMARTS) is 1. The Morgan fingerprint density at radius 3 is 2.76 bits per heavy atom. The number of aliphatic carboxylic acids is 1. The molecule has 0 saturated carbocycles. The lowest BCUT2D eigenvalue weighted by Crippen LogP contribution is -2.43. The van der Waals surface area contributed by atoms with Gasteiger partial charge in [-0.1, -0.05) is 6.92 Å². The van der Waals surface area contributed by atoms with Gasteiger partial charge in [-0.3, -0.25) is 9.20 Å². The molecule has 0 radical (unpaired) electrons. The van der Waals surface area contributed by atoms with Gasteiger partial charge in [-0.25, -0.2) is 9.78 Å². The molecule has 0 saturated heterocycles. The van der Waals surface area contributed by atoms with Crippen LogP contribution >= 0.6 is 0 Å². The van der Waals surface area contributed by atoms with Gasteiger partial charge in [-0.2, -0.15) is 0 Å². The van der Waals surface area contributed by atoms with E-state index in [-0.39, 0.29) is 0 Å². The van der Waals surface area contributed by atoms with E-state index in [1.165, 1.54) is 0 Å². The number of aliphatic hydroxyl groups excluding tert-OH is 1. The van der Waals surface area contributed by atoms with E-state index in [4.69, 9.17) is 10.2 Å². The van der Waals surface area contributed by atoms with Crippen molar-refractivity contribution in [3.63, 3.8) is 0 Å². The Kier molecular flexibility index (Phi) is 4.23. The average molecular weight is 291 g/mol. The van der Waals surface area contributed by atoms with Crippen molar-refractivity contribution in [2.75, 3.05) is 6.61 Å². The molecule has 7 nitrogen and oxygen atoms in total. The van der Waals surface area contributed by atoms with E-state index in [1.54, 1.807) is 10.6 Å². The Morgan fingerprint density at radius 1 is 1.48 bits per heavy atom. The van der Waals surface area contributed by atoms with Crippen LogP contribution in [0.1, 0.15) is 28.7 Å². The highest BCUT2D eigenvalue weighted by molar-refractivity contribution is 5.97. The lowest BCUT2D eigenvalue weighted by Gasteiger charge is -2.12. The molecule has 2 aromatic rings. The Hall–Kier alpha value is -2.41. The van der Waals surface area contributed by atoms with E-state index >= 15 is 0 Å². The number of pyridine rings is 1. The number of amides is 1. The Morgan fingerprint density at radius 2 is 2.19 bits per heavy atom. The summed E-state index contributed by atoms with van der Waals surface area (Å²) in [6.45, 7) is 3.12. The summed E-state index contributed by atoms with van der Waals surface area (Å²) in [5.41, 5.74) is 2.53. The normalized spacial score (nSPS) is 12.3. The van der Waals surface area contributed by atoms with E-state index in [1.807, 2.05) is 26.0 Å². The van der Waals surface area contributed by atoms with E-state index in [0.29, 0.717) is 23.5 Å². The molecule has 0 aromatic carbocycles. The number of aliphatic hydroxyl groups is 1. The van der Waals surface area contributed by atoms with Crippen LogP contribution in [0.15, 0.2) is 18.3 Å². The lowest BCUT2D eigenvalue weighted by atomic mass is 10.2. The summed E-state index contributed by atoms with van der Waals surface area (Å²) < 4.78 is 1.62. The van der Waals surface area contributed by atoms with Crippen LogP contribution in [0.4, 0.5) is 0 Å². The standard InChI is InChI=1S/C14H17N3O4/c1-3-9-12(13(19)16-10(7-18)14(20)21)17-5-4-8(2)6-11(17)15-9/h4-6,10,18H,3,7H2,1-2H3,(H,16,19)(H,20,21). The molecular weight excluding hydrogens is 274 g/mol. The number of carbonyl (C=O) groups is 2. The van der Waals surface area contributed by atoms with Crippen molar-refractivity contribution < 1.29 is 19.8 Å². The number of nitrogens with zero attached hydrogens (tertiary/aromatic N) is 2. The summed E-state index contributed by atoms with van der Waals surface area (Å²) in [6.07, 6.45) is 2.26. The van der Waals surface area contributed by atoms with E-state index < -0.39 is 24.5 Å². The third kappa shape index (κ3) is 2.87. The summed E-state index contributed by atoms with van der Waals surface area (Å²) in [6, 6.07) is 2.35.